The Bertz CT molecular complexity index is 2330. The lowest BCUT2D eigenvalue weighted by Gasteiger charge is -2.18. The number of alkyl halides is 3. The lowest BCUT2D eigenvalue weighted by Crippen LogP contribution is -2.22. The van der Waals surface area contributed by atoms with E-state index in [4.69, 9.17) is 61.0 Å². The molecular formula is C55H55Cl4F3O5S2. The number of hydrogen-bond acceptors (Lipinski definition) is 6. The maximum atomic E-state index is 12.3. The van der Waals surface area contributed by atoms with Crippen molar-refractivity contribution < 1.29 is 37.3 Å². The van der Waals surface area contributed by atoms with Crippen LogP contribution in [0.2, 0.25) is 20.1 Å². The quantitative estimate of drug-likeness (QED) is 0.0543. The fourth-order valence-corrected chi connectivity index (χ4v) is 9.46. The van der Waals surface area contributed by atoms with Gasteiger partial charge in [0.2, 0.25) is 5.78 Å². The van der Waals surface area contributed by atoms with Crippen LogP contribution < -0.4 is 9.47 Å². The number of carbonyl (C=O) groups excluding carboxylic acids is 1. The van der Waals surface area contributed by atoms with E-state index in [1.807, 2.05) is 96.3 Å². The molecule has 14 heteroatoms. The number of halogens is 7. The molecule has 0 fully saturated rings. The van der Waals surface area contributed by atoms with Crippen LogP contribution in [0.25, 0.3) is 0 Å². The smallest absolute Gasteiger partial charge is 0.449 e. The van der Waals surface area contributed by atoms with Gasteiger partial charge in [-0.3, -0.25) is 9.59 Å². The Labute approximate surface area is 432 Å². The lowest BCUT2D eigenvalue weighted by atomic mass is 9.88. The summed E-state index contributed by atoms with van der Waals surface area (Å²) < 4.78 is 48.5. The van der Waals surface area contributed by atoms with Crippen LogP contribution in [0.1, 0.15) is 83.7 Å². The number of ketones is 1. The van der Waals surface area contributed by atoms with Gasteiger partial charge in [0.1, 0.15) is 11.5 Å². The van der Waals surface area contributed by atoms with Gasteiger partial charge in [-0.25, -0.2) is 0 Å². The van der Waals surface area contributed by atoms with Gasteiger partial charge in [0.25, 0.3) is 0 Å². The third kappa shape index (κ3) is 20.9. The molecule has 0 saturated heterocycles. The zero-order valence-corrected chi connectivity index (χ0v) is 42.6. The van der Waals surface area contributed by atoms with E-state index in [0.717, 1.165) is 80.1 Å². The third-order valence-electron chi connectivity index (χ3n) is 11.1. The minimum absolute atomic E-state index is 0.0571. The van der Waals surface area contributed by atoms with Gasteiger partial charge in [-0.15, -0.1) is 0 Å². The van der Waals surface area contributed by atoms with Crippen LogP contribution in [0.15, 0.2) is 146 Å². The summed E-state index contributed by atoms with van der Waals surface area (Å²) in [5.41, 5.74) is 6.66. The molecule has 1 N–H and O–H groups in total. The number of ether oxygens (including phenoxy) is 2. The van der Waals surface area contributed by atoms with Gasteiger partial charge in [-0.1, -0.05) is 119 Å². The Morgan fingerprint density at radius 3 is 1.10 bits per heavy atom. The monoisotopic (exact) mass is 1060 g/mol. The van der Waals surface area contributed by atoms with Gasteiger partial charge in [0.05, 0.1) is 13.2 Å². The van der Waals surface area contributed by atoms with Crippen LogP contribution in [0.4, 0.5) is 13.2 Å². The summed E-state index contributed by atoms with van der Waals surface area (Å²) in [6.45, 7) is 1.19. The predicted molar refractivity (Wildman–Crippen MR) is 282 cm³/mol. The van der Waals surface area contributed by atoms with E-state index in [-0.39, 0.29) is 18.8 Å². The summed E-state index contributed by atoms with van der Waals surface area (Å²) >= 11 is 28.0. The second-order valence-corrected chi connectivity index (χ2v) is 20.3. The summed E-state index contributed by atoms with van der Waals surface area (Å²) in [6, 6.07) is 46.7. The number of benzene rings is 6. The van der Waals surface area contributed by atoms with Crippen molar-refractivity contribution in [3.63, 3.8) is 0 Å². The number of carbonyl (C=O) groups is 2. The second-order valence-electron chi connectivity index (χ2n) is 16.1. The highest BCUT2D eigenvalue weighted by Crippen LogP contribution is 2.33. The normalized spacial score (nSPS) is 11.3. The molecule has 0 aliphatic carbocycles. The van der Waals surface area contributed by atoms with Crippen molar-refractivity contribution in [3.8, 4) is 11.5 Å². The molecule has 0 heterocycles. The summed E-state index contributed by atoms with van der Waals surface area (Å²) in [6.07, 6.45) is -0.395. The first kappa shape index (κ1) is 55.6. The average Bonchev–Trinajstić information content (AvgIpc) is 3.34. The van der Waals surface area contributed by atoms with Gasteiger partial charge in [-0.2, -0.15) is 36.7 Å². The summed E-state index contributed by atoms with van der Waals surface area (Å²) in [4.78, 5) is 21.7. The average molecular weight is 1060 g/mol. The van der Waals surface area contributed by atoms with Crippen LogP contribution in [-0.4, -0.2) is 59.3 Å². The molecule has 6 aromatic carbocycles. The number of hydrogen-bond donors (Lipinski definition) is 1. The van der Waals surface area contributed by atoms with Crippen molar-refractivity contribution >= 4 is 81.7 Å². The molecule has 0 aromatic heterocycles. The highest BCUT2D eigenvalue weighted by Gasteiger charge is 2.37. The number of Topliss-reactive ketones (excluding diaryl/α,β-unsaturated/α-hetero) is 1. The molecule has 0 aliphatic rings. The highest BCUT2D eigenvalue weighted by molar-refractivity contribution is 7.99. The van der Waals surface area contributed by atoms with Gasteiger partial charge in [-0.05, 0) is 156 Å². The van der Waals surface area contributed by atoms with Crippen molar-refractivity contribution in [2.24, 2.45) is 0 Å². The molecule has 0 atom stereocenters. The van der Waals surface area contributed by atoms with Crippen molar-refractivity contribution in [1.29, 1.82) is 0 Å². The van der Waals surface area contributed by atoms with Crippen molar-refractivity contribution in [1.82, 2.24) is 0 Å². The van der Waals surface area contributed by atoms with E-state index in [9.17, 15) is 22.8 Å². The number of carboxylic acids is 1. The van der Waals surface area contributed by atoms with E-state index in [1.54, 1.807) is 24.3 Å². The number of rotatable bonds is 26. The fourth-order valence-electron chi connectivity index (χ4n) is 7.41. The van der Waals surface area contributed by atoms with Gasteiger partial charge in [0.15, 0.2) is 0 Å². The highest BCUT2D eigenvalue weighted by atomic mass is 35.5. The molecule has 0 spiro atoms. The Hall–Kier alpha value is -4.29. The zero-order chi connectivity index (χ0) is 49.4. The number of aliphatic carboxylic acids is 1. The molecule has 0 unspecified atom stereocenters. The Morgan fingerprint density at radius 1 is 0.478 bits per heavy atom. The number of aryl methyl sites for hydroxylation is 2. The molecule has 0 aliphatic heterocycles. The molecule has 5 nitrogen and oxygen atoms in total. The summed E-state index contributed by atoms with van der Waals surface area (Å²) in [7, 11) is 0. The predicted octanol–water partition coefficient (Wildman–Crippen LogP) is 16.5. The molecule has 0 amide bonds. The van der Waals surface area contributed by atoms with Crippen LogP contribution in [-0.2, 0) is 22.4 Å². The Kier molecular flexibility index (Phi) is 24.0. The standard InChI is InChI=1S/C28H27Cl2F3O2S.C27H28Cl2O3S/c29-23-10-6-21(7-11-23)26(22-8-12-24(30)13-9-22)2-1-18-36-19-17-35-25-14-3-20(4-15-25)5-16-27(34)28(31,32)33;28-23-10-6-21(7-11-23)26(22-8-12-24(29)13-9-22)2-1-18-33-19-17-32-25-14-3-20(4-15-25)5-16-27(30)31/h3-4,6-15,26H,1-2,5,16-19H2;3-4,6-15,26H,1-2,5,16-19H2,(H,30,31). The molecule has 0 saturated carbocycles. The number of carboxylic acid groups (broad SMARTS) is 1. The lowest BCUT2D eigenvalue weighted by molar-refractivity contribution is -0.171. The third-order valence-corrected chi connectivity index (χ3v) is 14.1. The van der Waals surface area contributed by atoms with Crippen molar-refractivity contribution in [2.75, 3.05) is 36.2 Å². The minimum atomic E-state index is -4.77. The van der Waals surface area contributed by atoms with Gasteiger partial charge < -0.3 is 14.6 Å². The fraction of sp³-hybridized carbons (Fsp3) is 0.309. The van der Waals surface area contributed by atoms with Crippen molar-refractivity contribution in [3.05, 3.63) is 199 Å². The summed E-state index contributed by atoms with van der Waals surface area (Å²) in [5, 5.41) is 11.7. The van der Waals surface area contributed by atoms with Crippen LogP contribution >= 0.6 is 69.9 Å². The number of thioether (sulfide) groups is 2. The van der Waals surface area contributed by atoms with Gasteiger partial charge in [0, 0.05) is 56.3 Å². The van der Waals surface area contributed by atoms with Crippen LogP contribution in [0.3, 0.4) is 0 Å². The Morgan fingerprint density at radius 2 is 0.797 bits per heavy atom. The molecule has 0 bridgehead atoms. The van der Waals surface area contributed by atoms with E-state index in [1.165, 1.54) is 22.3 Å². The first-order valence-electron chi connectivity index (χ1n) is 22.7. The maximum absolute atomic E-state index is 12.3. The van der Waals surface area contributed by atoms with Crippen LogP contribution in [0, 0.1) is 0 Å². The van der Waals surface area contributed by atoms with E-state index < -0.39 is 24.3 Å². The first-order chi connectivity index (χ1) is 33.2. The molecule has 0 radical (unpaired) electrons. The first-order valence-corrected chi connectivity index (χ1v) is 26.5. The molecule has 6 aromatic rings. The second kappa shape index (κ2) is 29.8. The largest absolute Gasteiger partial charge is 0.493 e. The zero-order valence-electron chi connectivity index (χ0n) is 38.0. The molecule has 366 valence electrons. The van der Waals surface area contributed by atoms with Gasteiger partial charge >= 0.3 is 12.1 Å². The Balaban J connectivity index is 0.000000258. The maximum Gasteiger partial charge on any atom is 0.449 e. The molecule has 69 heavy (non-hydrogen) atoms. The minimum Gasteiger partial charge on any atom is -0.493 e. The summed E-state index contributed by atoms with van der Waals surface area (Å²) in [5.74, 6) is 3.39. The topological polar surface area (TPSA) is 72.8 Å². The van der Waals surface area contributed by atoms with Crippen LogP contribution in [0.5, 0.6) is 11.5 Å². The van der Waals surface area contributed by atoms with E-state index in [2.05, 4.69) is 48.5 Å². The SMILES string of the molecule is O=C(CCc1ccc(OCCSCCCC(c2ccc(Cl)cc2)c2ccc(Cl)cc2)cc1)C(F)(F)F.O=C(O)CCc1ccc(OCCSCCCC(c2ccc(Cl)cc2)c2ccc(Cl)cc2)cc1. The van der Waals surface area contributed by atoms with Crippen molar-refractivity contribution in [2.45, 2.75) is 69.4 Å². The molecular weight excluding hydrogens is 1000 g/mol. The van der Waals surface area contributed by atoms with E-state index >= 15 is 0 Å². The molecule has 6 rings (SSSR count). The van der Waals surface area contributed by atoms with E-state index in [0.29, 0.717) is 36.9 Å².